The molecule has 114 valence electrons. The highest BCUT2D eigenvalue weighted by Crippen LogP contribution is 2.21. The van der Waals surface area contributed by atoms with Crippen LogP contribution in [0.5, 0.6) is 0 Å². The van der Waals surface area contributed by atoms with Crippen molar-refractivity contribution in [1.29, 1.82) is 0 Å². The van der Waals surface area contributed by atoms with Gasteiger partial charge in [-0.05, 0) is 24.1 Å². The third kappa shape index (κ3) is 4.26. The predicted molar refractivity (Wildman–Crippen MR) is 86.1 cm³/mol. The normalized spacial score (nSPS) is 11.8. The zero-order valence-electron chi connectivity index (χ0n) is 12.3. The molecule has 0 aliphatic carbocycles. The summed E-state index contributed by atoms with van der Waals surface area (Å²) in [5.41, 5.74) is 1.65. The minimum absolute atomic E-state index is 0.292. The highest BCUT2D eigenvalue weighted by atomic mass is 32.2. The van der Waals surface area contributed by atoms with Crippen molar-refractivity contribution in [3.8, 4) is 0 Å². The second kappa shape index (κ2) is 6.55. The number of anilines is 1. The number of aryl methyl sites for hydroxylation is 1. The third-order valence-electron chi connectivity index (χ3n) is 2.91. The number of hydrogen-bond donors (Lipinski definition) is 2. The Labute approximate surface area is 129 Å². The molecule has 0 atom stereocenters. The quantitative estimate of drug-likeness (QED) is 0.857. The van der Waals surface area contributed by atoms with Crippen LogP contribution in [0.4, 0.5) is 5.13 Å². The number of nitrogens with one attached hydrogen (secondary N) is 2. The van der Waals surface area contributed by atoms with Gasteiger partial charge in [-0.2, -0.15) is 0 Å². The smallest absolute Gasteiger partial charge is 0.263 e. The second-order valence-electron chi connectivity index (χ2n) is 5.08. The van der Waals surface area contributed by atoms with Crippen LogP contribution in [0.3, 0.4) is 0 Å². The maximum absolute atomic E-state index is 12.4. The van der Waals surface area contributed by atoms with Gasteiger partial charge in [-0.3, -0.25) is 4.72 Å². The van der Waals surface area contributed by atoms with Crippen molar-refractivity contribution in [2.45, 2.75) is 38.3 Å². The molecular formula is C14H19N3O2S2. The Balaban J connectivity index is 2.27. The largest absolute Gasteiger partial charge is 0.310 e. The Morgan fingerprint density at radius 3 is 2.71 bits per heavy atom. The Morgan fingerprint density at radius 1 is 1.33 bits per heavy atom. The summed E-state index contributed by atoms with van der Waals surface area (Å²) in [6, 6.07) is 5.82. The van der Waals surface area contributed by atoms with E-state index in [1.807, 2.05) is 12.1 Å². The van der Waals surface area contributed by atoms with Crippen LogP contribution in [-0.2, 0) is 16.6 Å². The number of nitrogens with zero attached hydrogens (tertiary/aromatic N) is 1. The lowest BCUT2D eigenvalue weighted by atomic mass is 10.1. The first-order chi connectivity index (χ1) is 9.88. The molecule has 1 aromatic carbocycles. The van der Waals surface area contributed by atoms with Crippen molar-refractivity contribution in [1.82, 2.24) is 10.3 Å². The highest BCUT2D eigenvalue weighted by molar-refractivity contribution is 7.93. The van der Waals surface area contributed by atoms with Crippen LogP contribution in [0.1, 0.15) is 25.0 Å². The molecule has 1 heterocycles. The van der Waals surface area contributed by atoms with Gasteiger partial charge >= 0.3 is 0 Å². The van der Waals surface area contributed by atoms with Crippen LogP contribution in [0.25, 0.3) is 0 Å². The van der Waals surface area contributed by atoms with E-state index in [4.69, 9.17) is 0 Å². The van der Waals surface area contributed by atoms with E-state index in [1.165, 1.54) is 11.3 Å². The van der Waals surface area contributed by atoms with Crippen molar-refractivity contribution in [3.05, 3.63) is 40.9 Å². The monoisotopic (exact) mass is 325 g/mol. The van der Waals surface area contributed by atoms with Crippen LogP contribution in [0, 0.1) is 6.92 Å². The fourth-order valence-electron chi connectivity index (χ4n) is 1.81. The van der Waals surface area contributed by atoms with Crippen LogP contribution in [-0.4, -0.2) is 19.4 Å². The average molecular weight is 325 g/mol. The van der Waals surface area contributed by atoms with Crippen molar-refractivity contribution in [2.75, 3.05) is 4.72 Å². The summed E-state index contributed by atoms with van der Waals surface area (Å²) < 4.78 is 27.4. The van der Waals surface area contributed by atoms with Crippen molar-refractivity contribution >= 4 is 26.5 Å². The summed E-state index contributed by atoms with van der Waals surface area (Å²) in [4.78, 5) is 4.25. The molecule has 2 N–H and O–H groups in total. The summed E-state index contributed by atoms with van der Waals surface area (Å²) in [7, 11) is -3.60. The molecule has 0 aliphatic rings. The van der Waals surface area contributed by atoms with Gasteiger partial charge in [0.25, 0.3) is 10.0 Å². The van der Waals surface area contributed by atoms with Gasteiger partial charge in [0.2, 0.25) is 0 Å². The molecule has 7 heteroatoms. The third-order valence-corrected chi connectivity index (χ3v) is 5.21. The maximum atomic E-state index is 12.4. The van der Waals surface area contributed by atoms with Gasteiger partial charge in [0.15, 0.2) is 5.13 Å². The SMILES string of the molecule is Cc1ccc(CNC(C)C)cc1S(=O)(=O)Nc1nccs1. The molecule has 2 rings (SSSR count). The molecule has 0 saturated carbocycles. The molecule has 21 heavy (non-hydrogen) atoms. The number of rotatable bonds is 6. The highest BCUT2D eigenvalue weighted by Gasteiger charge is 2.18. The Kier molecular flexibility index (Phi) is 4.97. The molecule has 2 aromatic rings. The lowest BCUT2D eigenvalue weighted by Gasteiger charge is -2.12. The summed E-state index contributed by atoms with van der Waals surface area (Å²) >= 11 is 1.25. The van der Waals surface area contributed by atoms with E-state index >= 15 is 0 Å². The maximum Gasteiger partial charge on any atom is 0.263 e. The Hall–Kier alpha value is -1.44. The van der Waals surface area contributed by atoms with Crippen molar-refractivity contribution in [3.63, 3.8) is 0 Å². The minimum atomic E-state index is -3.60. The number of thiazole rings is 1. The standard InChI is InChI=1S/C14H19N3O2S2/c1-10(2)16-9-12-5-4-11(3)13(8-12)21(18,19)17-14-15-6-7-20-14/h4-8,10,16H,9H2,1-3H3,(H,15,17). The molecule has 0 fully saturated rings. The van der Waals surface area contributed by atoms with Gasteiger partial charge in [-0.25, -0.2) is 13.4 Å². The van der Waals surface area contributed by atoms with E-state index in [0.717, 1.165) is 5.56 Å². The first-order valence-corrected chi connectivity index (χ1v) is 9.00. The molecule has 0 unspecified atom stereocenters. The lowest BCUT2D eigenvalue weighted by Crippen LogP contribution is -2.22. The van der Waals surface area contributed by atoms with Crippen LogP contribution in [0.15, 0.2) is 34.7 Å². The average Bonchev–Trinajstić information content (AvgIpc) is 2.89. The fourth-order valence-corrected chi connectivity index (χ4v) is 3.89. The Morgan fingerprint density at radius 2 is 2.10 bits per heavy atom. The number of aromatic nitrogens is 1. The van der Waals surface area contributed by atoms with E-state index in [1.54, 1.807) is 24.6 Å². The van der Waals surface area contributed by atoms with Crippen LogP contribution in [0.2, 0.25) is 0 Å². The van der Waals surface area contributed by atoms with E-state index < -0.39 is 10.0 Å². The molecule has 1 aromatic heterocycles. The molecule has 5 nitrogen and oxygen atoms in total. The predicted octanol–water partition coefficient (Wildman–Crippen LogP) is 2.75. The summed E-state index contributed by atoms with van der Waals surface area (Å²) in [6.07, 6.45) is 1.57. The van der Waals surface area contributed by atoms with Crippen molar-refractivity contribution in [2.24, 2.45) is 0 Å². The molecule has 0 amide bonds. The second-order valence-corrected chi connectivity index (χ2v) is 7.62. The number of benzene rings is 1. The lowest BCUT2D eigenvalue weighted by molar-refractivity contribution is 0.586. The molecule has 0 saturated heterocycles. The summed E-state index contributed by atoms with van der Waals surface area (Å²) in [6.45, 7) is 6.53. The first-order valence-electron chi connectivity index (χ1n) is 6.64. The van der Waals surface area contributed by atoms with Gasteiger partial charge in [0.05, 0.1) is 4.90 Å². The Bertz CT molecular complexity index is 695. The van der Waals surface area contributed by atoms with Gasteiger partial charge in [0.1, 0.15) is 0 Å². The number of hydrogen-bond acceptors (Lipinski definition) is 5. The molecular weight excluding hydrogens is 306 g/mol. The first kappa shape index (κ1) is 15.9. The van der Waals surface area contributed by atoms with Gasteiger partial charge in [0, 0.05) is 24.2 Å². The molecule has 0 spiro atoms. The van der Waals surface area contributed by atoms with Gasteiger partial charge in [-0.15, -0.1) is 11.3 Å². The van der Waals surface area contributed by atoms with Gasteiger partial charge < -0.3 is 5.32 Å². The molecule has 0 radical (unpaired) electrons. The van der Waals surface area contributed by atoms with Gasteiger partial charge in [-0.1, -0.05) is 26.0 Å². The zero-order chi connectivity index (χ0) is 15.5. The number of sulfonamides is 1. The summed E-state index contributed by atoms with van der Waals surface area (Å²) in [5, 5.41) is 5.38. The zero-order valence-corrected chi connectivity index (χ0v) is 13.9. The van der Waals surface area contributed by atoms with E-state index in [9.17, 15) is 8.42 Å². The topological polar surface area (TPSA) is 71.1 Å². The minimum Gasteiger partial charge on any atom is -0.310 e. The summed E-state index contributed by atoms with van der Waals surface area (Å²) in [5.74, 6) is 0. The van der Waals surface area contributed by atoms with Crippen molar-refractivity contribution < 1.29 is 8.42 Å². The molecule has 0 bridgehead atoms. The van der Waals surface area contributed by atoms with E-state index in [-0.39, 0.29) is 0 Å². The van der Waals surface area contributed by atoms with E-state index in [0.29, 0.717) is 28.2 Å². The van der Waals surface area contributed by atoms with E-state index in [2.05, 4.69) is 28.9 Å². The fraction of sp³-hybridized carbons (Fsp3) is 0.357. The molecule has 0 aliphatic heterocycles. The van der Waals surface area contributed by atoms with Crippen LogP contribution < -0.4 is 10.0 Å². The van der Waals surface area contributed by atoms with Crippen LogP contribution >= 0.6 is 11.3 Å².